The number of carbonyl (C=O) groups is 1. The fraction of sp³-hybridized carbons (Fsp3) is 0.250. The average molecular weight is 631 g/mol. The average Bonchev–Trinajstić information content (AvgIpc) is 3.32. The third kappa shape index (κ3) is 6.63. The van der Waals surface area contributed by atoms with Crippen LogP contribution in [0.1, 0.15) is 44.9 Å². The lowest BCUT2D eigenvalue weighted by Crippen LogP contribution is -2.39. The molecule has 0 radical (unpaired) electrons. The first kappa shape index (κ1) is 31.1. The van der Waals surface area contributed by atoms with Crippen molar-refractivity contribution in [1.29, 1.82) is 0 Å². The van der Waals surface area contributed by atoms with Crippen LogP contribution in [0.2, 0.25) is 0 Å². The second kappa shape index (κ2) is 13.6. The van der Waals surface area contributed by atoms with Gasteiger partial charge in [0.15, 0.2) is 16.3 Å². The van der Waals surface area contributed by atoms with Crippen LogP contribution in [0, 0.1) is 10.1 Å². The number of fused-ring (bicyclic) bond motifs is 1. The van der Waals surface area contributed by atoms with Gasteiger partial charge < -0.3 is 18.9 Å². The number of ether oxygens (including phenoxy) is 4. The predicted molar refractivity (Wildman–Crippen MR) is 167 cm³/mol. The van der Waals surface area contributed by atoms with Crippen molar-refractivity contribution in [3.05, 3.63) is 113 Å². The molecule has 232 valence electrons. The van der Waals surface area contributed by atoms with E-state index in [-0.39, 0.29) is 23.7 Å². The molecule has 45 heavy (non-hydrogen) atoms. The Kier molecular flexibility index (Phi) is 9.38. The second-order valence-electron chi connectivity index (χ2n) is 9.66. The SMILES string of the molecule is CCOC(=O)C1=C(C)N=c2s/c(=C/c3ccc(Oc4ccc([N+](=O)[O-])cn4)c(OCC)c3)c(=O)n2[C@H]1c1ccc(OCC)cc1. The lowest BCUT2D eigenvalue weighted by molar-refractivity contribution is -0.385. The van der Waals surface area contributed by atoms with Gasteiger partial charge in [-0.2, -0.15) is 0 Å². The molecule has 4 aromatic rings. The molecule has 12 nitrogen and oxygen atoms in total. The first-order chi connectivity index (χ1) is 21.7. The lowest BCUT2D eigenvalue weighted by Gasteiger charge is -2.24. The van der Waals surface area contributed by atoms with Crippen LogP contribution in [-0.2, 0) is 9.53 Å². The van der Waals surface area contributed by atoms with Crippen molar-refractivity contribution in [2.75, 3.05) is 19.8 Å². The zero-order valence-electron chi connectivity index (χ0n) is 25.0. The van der Waals surface area contributed by atoms with E-state index in [1.54, 1.807) is 50.3 Å². The highest BCUT2D eigenvalue weighted by molar-refractivity contribution is 7.07. The van der Waals surface area contributed by atoms with Gasteiger partial charge >= 0.3 is 5.97 Å². The minimum atomic E-state index is -0.748. The number of hydrogen-bond acceptors (Lipinski definition) is 11. The third-order valence-corrected chi connectivity index (χ3v) is 7.72. The molecule has 0 N–H and O–H groups in total. The number of nitro groups is 1. The molecule has 2 aromatic heterocycles. The van der Waals surface area contributed by atoms with Crippen LogP contribution in [0.4, 0.5) is 5.69 Å². The van der Waals surface area contributed by atoms with Crippen molar-refractivity contribution in [3.8, 4) is 23.1 Å². The summed E-state index contributed by atoms with van der Waals surface area (Å²) in [6, 6.07) is 14.4. The molecule has 0 bridgehead atoms. The molecule has 0 spiro atoms. The molecule has 1 aliphatic heterocycles. The first-order valence-corrected chi connectivity index (χ1v) is 15.0. The van der Waals surface area contributed by atoms with Crippen molar-refractivity contribution in [1.82, 2.24) is 9.55 Å². The standard InChI is InChI=1S/C32H30N4O8S/c1-5-41-23-12-9-21(10-13-23)29-28(31(38)43-7-3)19(4)34-32-35(29)30(37)26(45-32)17-20-8-14-24(25(16-20)42-6-2)44-27-15-11-22(18-33-27)36(39)40/h8-18,29H,5-7H2,1-4H3/b26-17+/t29-/m0/s1. The molecule has 0 unspecified atom stereocenters. The van der Waals surface area contributed by atoms with Gasteiger partial charge in [0.1, 0.15) is 11.9 Å². The number of thiazole rings is 1. The summed E-state index contributed by atoms with van der Waals surface area (Å²) >= 11 is 1.21. The highest BCUT2D eigenvalue weighted by Gasteiger charge is 2.33. The largest absolute Gasteiger partial charge is 0.494 e. The summed E-state index contributed by atoms with van der Waals surface area (Å²) in [5.74, 6) is 1.04. The normalized spacial score (nSPS) is 14.4. The van der Waals surface area contributed by atoms with E-state index in [4.69, 9.17) is 18.9 Å². The molecule has 2 aromatic carbocycles. The zero-order chi connectivity index (χ0) is 32.1. The fourth-order valence-corrected chi connectivity index (χ4v) is 5.84. The molecule has 13 heteroatoms. The molecule has 1 aliphatic rings. The number of carbonyl (C=O) groups excluding carboxylic acids is 1. The van der Waals surface area contributed by atoms with Crippen molar-refractivity contribution < 1.29 is 28.7 Å². The highest BCUT2D eigenvalue weighted by atomic mass is 32.1. The van der Waals surface area contributed by atoms with Crippen molar-refractivity contribution >= 4 is 29.1 Å². The molecule has 0 amide bonds. The van der Waals surface area contributed by atoms with E-state index >= 15 is 0 Å². The summed E-state index contributed by atoms with van der Waals surface area (Å²) in [4.78, 5) is 46.6. The summed E-state index contributed by atoms with van der Waals surface area (Å²) in [5.41, 5.74) is 1.66. The van der Waals surface area contributed by atoms with Crippen LogP contribution in [0.3, 0.4) is 0 Å². The number of allylic oxidation sites excluding steroid dienone is 1. The van der Waals surface area contributed by atoms with Gasteiger partial charge in [0.25, 0.3) is 11.2 Å². The van der Waals surface area contributed by atoms with Crippen LogP contribution < -0.4 is 29.1 Å². The Morgan fingerprint density at radius 2 is 1.78 bits per heavy atom. The van der Waals surface area contributed by atoms with Gasteiger partial charge in [0, 0.05) is 12.1 Å². The topological polar surface area (TPSA) is 144 Å². The van der Waals surface area contributed by atoms with E-state index in [0.29, 0.717) is 62.2 Å². The number of esters is 1. The maximum absolute atomic E-state index is 14.0. The summed E-state index contributed by atoms with van der Waals surface area (Å²) in [6.45, 7) is 8.20. The van der Waals surface area contributed by atoms with Crippen molar-refractivity contribution in [3.63, 3.8) is 0 Å². The molecule has 1 atom stereocenters. The predicted octanol–water partition coefficient (Wildman–Crippen LogP) is 4.69. The molecular weight excluding hydrogens is 600 g/mol. The van der Waals surface area contributed by atoms with Crippen molar-refractivity contribution in [2.24, 2.45) is 4.99 Å². The lowest BCUT2D eigenvalue weighted by atomic mass is 9.96. The monoisotopic (exact) mass is 630 g/mol. The molecule has 0 aliphatic carbocycles. The molecule has 0 saturated heterocycles. The number of pyridine rings is 1. The second-order valence-corrected chi connectivity index (χ2v) is 10.7. The van der Waals surface area contributed by atoms with Crippen LogP contribution in [0.15, 0.2) is 81.9 Å². The molecule has 0 fully saturated rings. The Morgan fingerprint density at radius 3 is 2.42 bits per heavy atom. The van der Waals surface area contributed by atoms with E-state index in [9.17, 15) is 19.7 Å². The Balaban J connectivity index is 1.56. The van der Waals surface area contributed by atoms with Gasteiger partial charge in [-0.1, -0.05) is 29.5 Å². The zero-order valence-corrected chi connectivity index (χ0v) is 25.8. The molecular formula is C32H30N4O8S. The Morgan fingerprint density at radius 1 is 1.02 bits per heavy atom. The fourth-order valence-electron chi connectivity index (χ4n) is 4.79. The van der Waals surface area contributed by atoms with Crippen LogP contribution in [0.25, 0.3) is 6.08 Å². The molecule has 5 rings (SSSR count). The summed E-state index contributed by atoms with van der Waals surface area (Å²) < 4.78 is 24.5. The van der Waals surface area contributed by atoms with E-state index in [2.05, 4.69) is 9.98 Å². The maximum Gasteiger partial charge on any atom is 0.338 e. The first-order valence-electron chi connectivity index (χ1n) is 14.2. The van der Waals surface area contributed by atoms with Gasteiger partial charge in [-0.25, -0.2) is 14.8 Å². The molecule has 0 saturated carbocycles. The minimum absolute atomic E-state index is 0.154. The van der Waals surface area contributed by atoms with Gasteiger partial charge in [-0.3, -0.25) is 19.5 Å². The van der Waals surface area contributed by atoms with Crippen LogP contribution >= 0.6 is 11.3 Å². The number of aromatic nitrogens is 2. The summed E-state index contributed by atoms with van der Waals surface area (Å²) in [5, 5.41) is 10.9. The summed E-state index contributed by atoms with van der Waals surface area (Å²) in [7, 11) is 0. The van der Waals surface area contributed by atoms with Gasteiger partial charge in [-0.05, 0) is 69.2 Å². The van der Waals surface area contributed by atoms with Crippen LogP contribution in [-0.4, -0.2) is 40.3 Å². The number of rotatable bonds is 11. The van der Waals surface area contributed by atoms with E-state index < -0.39 is 16.9 Å². The third-order valence-electron chi connectivity index (χ3n) is 6.74. The van der Waals surface area contributed by atoms with Crippen LogP contribution in [0.5, 0.6) is 23.1 Å². The van der Waals surface area contributed by atoms with E-state index in [1.807, 2.05) is 26.0 Å². The quantitative estimate of drug-likeness (QED) is 0.131. The Labute approximate surface area is 261 Å². The van der Waals surface area contributed by atoms with Gasteiger partial charge in [0.05, 0.1) is 46.6 Å². The number of nitrogens with zero attached hydrogens (tertiary/aromatic N) is 4. The number of hydrogen-bond donors (Lipinski definition) is 0. The Bertz CT molecular complexity index is 1950. The minimum Gasteiger partial charge on any atom is -0.494 e. The molecule has 3 heterocycles. The van der Waals surface area contributed by atoms with Gasteiger partial charge in [-0.15, -0.1) is 0 Å². The van der Waals surface area contributed by atoms with Gasteiger partial charge in [0.2, 0.25) is 5.88 Å². The Hall–Kier alpha value is -5.30. The maximum atomic E-state index is 14.0. The van der Waals surface area contributed by atoms with Crippen molar-refractivity contribution in [2.45, 2.75) is 33.7 Å². The number of benzene rings is 2. The van der Waals surface area contributed by atoms with E-state index in [0.717, 1.165) is 6.20 Å². The van der Waals surface area contributed by atoms with E-state index in [1.165, 1.54) is 28.0 Å². The highest BCUT2D eigenvalue weighted by Crippen LogP contribution is 2.34. The smallest absolute Gasteiger partial charge is 0.338 e. The summed E-state index contributed by atoms with van der Waals surface area (Å²) in [6.07, 6.45) is 2.83.